The Morgan fingerprint density at radius 2 is 1.71 bits per heavy atom. The fourth-order valence-corrected chi connectivity index (χ4v) is 8.86. The van der Waals surface area contributed by atoms with Crippen molar-refractivity contribution < 1.29 is 57.7 Å². The summed E-state index contributed by atoms with van der Waals surface area (Å²) in [6, 6.07) is -0.794. The first kappa shape index (κ1) is 32.0. The summed E-state index contributed by atoms with van der Waals surface area (Å²) >= 11 is 0. The van der Waals surface area contributed by atoms with Crippen LogP contribution in [-0.4, -0.2) is 132 Å². The molecule has 0 amide bonds. The van der Waals surface area contributed by atoms with Crippen molar-refractivity contribution in [2.24, 2.45) is 5.92 Å². The second-order valence-electron chi connectivity index (χ2n) is 12.0. The number of nitrogen functional groups attached to an aromatic ring is 2. The zero-order chi connectivity index (χ0) is 33.7. The maximum absolute atomic E-state index is 13.8. The summed E-state index contributed by atoms with van der Waals surface area (Å²) in [5.74, 6) is -2.52. The lowest BCUT2D eigenvalue weighted by molar-refractivity contribution is -0.313. The largest absolute Gasteiger partial charge is 0.394 e. The Morgan fingerprint density at radius 3 is 2.42 bits per heavy atom. The number of aromatic nitrogens is 8. The van der Waals surface area contributed by atoms with Crippen LogP contribution in [0.3, 0.4) is 0 Å². The van der Waals surface area contributed by atoms with Gasteiger partial charge >= 0.3 is 7.60 Å². The minimum Gasteiger partial charge on any atom is -0.394 e. The number of hydrogen-bond acceptors (Lipinski definition) is 18. The van der Waals surface area contributed by atoms with E-state index in [-0.39, 0.29) is 22.8 Å². The molecule has 12 atom stereocenters. The molecule has 9 N–H and O–H groups in total. The number of nitrogens with two attached hydrogens (primary N) is 2. The first-order chi connectivity index (χ1) is 22.9. The van der Waals surface area contributed by atoms with Gasteiger partial charge < -0.3 is 64.6 Å². The molecule has 1 aliphatic carbocycles. The van der Waals surface area contributed by atoms with Crippen LogP contribution in [0.25, 0.3) is 22.3 Å². The zero-order valence-corrected chi connectivity index (χ0v) is 26.4. The van der Waals surface area contributed by atoms with Gasteiger partial charge in [0.15, 0.2) is 34.4 Å². The topological polar surface area (TPSA) is 321 Å². The molecular formula is C24H30N10O12P2. The average Bonchev–Trinajstić information content (AvgIpc) is 3.53. The molecule has 7 heterocycles. The van der Waals surface area contributed by atoms with Crippen molar-refractivity contribution in [1.82, 2.24) is 39.0 Å². The van der Waals surface area contributed by atoms with Gasteiger partial charge in [0, 0.05) is 0 Å². The van der Waals surface area contributed by atoms with Gasteiger partial charge in [0.25, 0.3) is 0 Å². The minimum absolute atomic E-state index is 0.0399. The number of fused-ring (bicyclic) bond motifs is 4. The summed E-state index contributed by atoms with van der Waals surface area (Å²) in [5, 5.41) is 31.8. The molecule has 4 fully saturated rings. The molecule has 0 bridgehead atoms. The monoisotopic (exact) mass is 712 g/mol. The van der Waals surface area contributed by atoms with Crippen LogP contribution in [0.15, 0.2) is 25.3 Å². The molecule has 258 valence electrons. The van der Waals surface area contributed by atoms with Gasteiger partial charge in [-0.1, -0.05) is 0 Å². The van der Waals surface area contributed by atoms with Crippen LogP contribution in [0, 0.1) is 5.92 Å². The van der Waals surface area contributed by atoms with Crippen LogP contribution in [0.5, 0.6) is 0 Å². The lowest BCUT2D eigenvalue weighted by Gasteiger charge is -2.51. The predicted molar refractivity (Wildman–Crippen MR) is 158 cm³/mol. The number of rotatable bonds is 11. The Hall–Kier alpha value is -3.24. The van der Waals surface area contributed by atoms with E-state index in [0.717, 1.165) is 0 Å². The molecule has 4 aliphatic rings. The fourth-order valence-electron chi connectivity index (χ4n) is 7.08. The molecule has 8 rings (SSSR count). The number of imidazole rings is 2. The van der Waals surface area contributed by atoms with Crippen molar-refractivity contribution in [3.8, 4) is 0 Å². The Balaban J connectivity index is 1.05. The standard InChI is InChI=1S/C24H30N10O12P2/c25-19-12-21(29-4-27-19)33(6-31-12)17-11-15(42-8-47(38)39)10(45-24(11,17)37)2-43-48(40,41)3-23(18-16(46-23)14(36)9(1-35)44-18)34-7-32-13-20(26)28-5-30-22(13)34/h4-7,9-11,14-18,35-37,47H,1-3,8H2,(H,38,39)(H,40,41)(H2,25,27,29)(H2,26,28,30)/t9-,10-,11?,14?,15+,16?,17+,18-,23?,24?/m1/s1. The smallest absolute Gasteiger partial charge is 0.333 e. The lowest BCUT2D eigenvalue weighted by Crippen LogP contribution is -2.67. The number of aliphatic hydroxyl groups is 3. The van der Waals surface area contributed by atoms with Crippen LogP contribution in [0.4, 0.5) is 11.6 Å². The Kier molecular flexibility index (Phi) is 7.42. The van der Waals surface area contributed by atoms with Crippen molar-refractivity contribution in [2.45, 2.75) is 54.2 Å². The fraction of sp³-hybridized carbons (Fsp3) is 0.583. The maximum Gasteiger partial charge on any atom is 0.333 e. The third-order valence-corrected chi connectivity index (χ3v) is 11.0. The van der Waals surface area contributed by atoms with E-state index >= 15 is 0 Å². The molecule has 0 radical (unpaired) electrons. The second-order valence-corrected chi connectivity index (χ2v) is 14.9. The van der Waals surface area contributed by atoms with E-state index in [4.69, 9.17) is 34.9 Å². The van der Waals surface area contributed by atoms with Gasteiger partial charge in [0.05, 0.1) is 37.9 Å². The molecule has 0 aromatic carbocycles. The van der Waals surface area contributed by atoms with Crippen molar-refractivity contribution in [1.29, 1.82) is 0 Å². The van der Waals surface area contributed by atoms with Crippen LogP contribution >= 0.6 is 15.6 Å². The molecule has 1 saturated carbocycles. The van der Waals surface area contributed by atoms with E-state index in [1.807, 2.05) is 0 Å². The van der Waals surface area contributed by atoms with Crippen LogP contribution < -0.4 is 11.5 Å². The van der Waals surface area contributed by atoms with Crippen LogP contribution in [0.2, 0.25) is 0 Å². The second kappa shape index (κ2) is 11.1. The number of ether oxygens (including phenoxy) is 4. The van der Waals surface area contributed by atoms with Gasteiger partial charge in [-0.05, 0) is 0 Å². The summed E-state index contributed by atoms with van der Waals surface area (Å²) in [7, 11) is -7.81. The molecule has 24 heteroatoms. The zero-order valence-electron chi connectivity index (χ0n) is 24.5. The first-order valence-electron chi connectivity index (χ1n) is 14.6. The summed E-state index contributed by atoms with van der Waals surface area (Å²) in [6.45, 7) is -1.13. The number of nitrogens with zero attached hydrogens (tertiary/aromatic N) is 8. The Labute approximate surface area is 269 Å². The molecule has 4 aromatic heterocycles. The molecule has 22 nitrogen and oxygen atoms in total. The number of anilines is 2. The summed E-state index contributed by atoms with van der Waals surface area (Å²) in [5.41, 5.74) is 11.0. The van der Waals surface area contributed by atoms with Crippen LogP contribution in [0.1, 0.15) is 6.04 Å². The quantitative estimate of drug-likeness (QED) is 0.0776. The Morgan fingerprint density at radius 1 is 1.02 bits per heavy atom. The highest BCUT2D eigenvalue weighted by molar-refractivity contribution is 7.52. The summed E-state index contributed by atoms with van der Waals surface area (Å²) < 4.78 is 57.3. The SMILES string of the molecule is Nc1ncnc2c1ncn2[C@H]1C2[C@@H](OC[PH](=O)O)[C@@H](COP(=O)(O)CC3(n4cnc5c(N)ncnc54)OC4C(O)[C@@H](CO)O[C@H]43)OC21O. The predicted octanol–water partition coefficient (Wildman–Crippen LogP) is -2.73. The number of hydrogen-bond donors (Lipinski definition) is 7. The molecular weight excluding hydrogens is 682 g/mol. The van der Waals surface area contributed by atoms with Crippen molar-refractivity contribution in [2.75, 3.05) is 37.2 Å². The summed E-state index contributed by atoms with van der Waals surface area (Å²) in [4.78, 5) is 45.3. The third-order valence-electron chi connectivity index (χ3n) is 9.22. The molecule has 3 saturated heterocycles. The molecule has 4 aromatic rings. The maximum atomic E-state index is 13.8. The molecule has 48 heavy (non-hydrogen) atoms. The summed E-state index contributed by atoms with van der Waals surface area (Å²) in [6.07, 6.45) is -2.75. The number of aliphatic hydroxyl groups excluding tert-OH is 2. The van der Waals surface area contributed by atoms with Gasteiger partial charge in [-0.15, -0.1) is 0 Å². The van der Waals surface area contributed by atoms with Gasteiger partial charge in [0.1, 0.15) is 72.8 Å². The van der Waals surface area contributed by atoms with E-state index in [2.05, 4.69) is 29.9 Å². The van der Waals surface area contributed by atoms with Crippen molar-refractivity contribution in [3.63, 3.8) is 0 Å². The molecule has 3 aliphatic heterocycles. The van der Waals surface area contributed by atoms with E-state index in [9.17, 15) is 34.2 Å². The highest BCUT2D eigenvalue weighted by atomic mass is 31.2. The first-order valence-corrected chi connectivity index (χ1v) is 17.9. The van der Waals surface area contributed by atoms with Crippen molar-refractivity contribution in [3.05, 3.63) is 25.3 Å². The third kappa shape index (κ3) is 4.71. The normalized spacial score (nSPS) is 37.3. The average molecular weight is 713 g/mol. The van der Waals surface area contributed by atoms with E-state index < -0.39 is 101 Å². The van der Waals surface area contributed by atoms with Crippen molar-refractivity contribution >= 4 is 49.6 Å². The molecule has 7 unspecified atom stereocenters. The van der Waals surface area contributed by atoms with Gasteiger partial charge in [-0.25, -0.2) is 29.9 Å². The lowest BCUT2D eigenvalue weighted by atomic mass is 9.92. The van der Waals surface area contributed by atoms with E-state index in [0.29, 0.717) is 11.2 Å². The Bertz CT molecular complexity index is 1980. The van der Waals surface area contributed by atoms with Gasteiger partial charge in [0.2, 0.25) is 8.03 Å². The van der Waals surface area contributed by atoms with Gasteiger partial charge in [-0.2, -0.15) is 0 Å². The molecule has 0 spiro atoms. The van der Waals surface area contributed by atoms with E-state index in [1.54, 1.807) is 0 Å². The highest BCUT2D eigenvalue weighted by Crippen LogP contribution is 2.65. The van der Waals surface area contributed by atoms with Crippen LogP contribution in [-0.2, 0) is 38.3 Å². The minimum atomic E-state index is -4.69. The van der Waals surface area contributed by atoms with Gasteiger partial charge in [-0.3, -0.25) is 13.7 Å². The van der Waals surface area contributed by atoms with E-state index in [1.165, 1.54) is 34.4 Å². The highest BCUT2D eigenvalue weighted by Gasteiger charge is 2.77.